The molecular formula is C20H17N3O3S. The molecule has 1 saturated carbocycles. The number of amides is 1. The third-order valence-corrected chi connectivity index (χ3v) is 5.76. The standard InChI is InChI=1S/C20H17N3O3S/c24-19(21-13-4-1-2-5-13)12-7-8-16-14(10-12)18(23-26-16)15-11-25-20(22-15)17-6-3-9-27-17/h3,6-11,13H,1-2,4-5H2,(H,21,24). The first kappa shape index (κ1) is 16.3. The van der Waals surface area contributed by atoms with Crippen molar-refractivity contribution in [2.45, 2.75) is 31.7 Å². The van der Waals surface area contributed by atoms with Crippen molar-refractivity contribution in [3.63, 3.8) is 0 Å². The minimum absolute atomic E-state index is 0.0598. The van der Waals surface area contributed by atoms with Gasteiger partial charge < -0.3 is 14.3 Å². The molecule has 0 bridgehead atoms. The fourth-order valence-electron chi connectivity index (χ4n) is 3.50. The van der Waals surface area contributed by atoms with E-state index >= 15 is 0 Å². The Kier molecular flexibility index (Phi) is 4.01. The maximum atomic E-state index is 12.6. The lowest BCUT2D eigenvalue weighted by Crippen LogP contribution is -2.32. The Morgan fingerprint density at radius 1 is 1.22 bits per heavy atom. The molecule has 0 atom stereocenters. The number of nitrogens with one attached hydrogen (secondary N) is 1. The highest BCUT2D eigenvalue weighted by Crippen LogP contribution is 2.31. The Morgan fingerprint density at radius 3 is 2.93 bits per heavy atom. The number of carbonyl (C=O) groups is 1. The van der Waals surface area contributed by atoms with Crippen LogP contribution in [0.3, 0.4) is 0 Å². The van der Waals surface area contributed by atoms with Crippen LogP contribution in [0.2, 0.25) is 0 Å². The van der Waals surface area contributed by atoms with Gasteiger partial charge >= 0.3 is 0 Å². The van der Waals surface area contributed by atoms with Gasteiger partial charge in [0.05, 0.1) is 10.3 Å². The smallest absolute Gasteiger partial charge is 0.251 e. The number of fused-ring (bicyclic) bond motifs is 1. The van der Waals surface area contributed by atoms with Gasteiger partial charge in [0.15, 0.2) is 5.58 Å². The van der Waals surface area contributed by atoms with Crippen molar-refractivity contribution in [3.05, 3.63) is 47.5 Å². The molecule has 6 nitrogen and oxygen atoms in total. The Labute approximate surface area is 159 Å². The zero-order valence-corrected chi connectivity index (χ0v) is 15.3. The van der Waals surface area contributed by atoms with E-state index in [0.29, 0.717) is 28.4 Å². The Balaban J connectivity index is 1.47. The average molecular weight is 379 g/mol. The molecule has 1 amide bonds. The Bertz CT molecular complexity index is 1090. The van der Waals surface area contributed by atoms with Crippen molar-refractivity contribution >= 4 is 28.2 Å². The predicted molar refractivity (Wildman–Crippen MR) is 103 cm³/mol. The lowest BCUT2D eigenvalue weighted by Gasteiger charge is -2.11. The third kappa shape index (κ3) is 3.04. The fraction of sp³-hybridized carbons (Fsp3) is 0.250. The highest BCUT2D eigenvalue weighted by Gasteiger charge is 2.20. The molecule has 3 aromatic heterocycles. The third-order valence-electron chi connectivity index (χ3n) is 4.90. The second-order valence-electron chi connectivity index (χ2n) is 6.71. The first-order valence-corrected chi connectivity index (χ1v) is 9.86. The summed E-state index contributed by atoms with van der Waals surface area (Å²) in [5.41, 5.74) is 2.38. The van der Waals surface area contributed by atoms with Gasteiger partial charge in [0, 0.05) is 11.6 Å². The normalized spacial score (nSPS) is 14.8. The zero-order valence-electron chi connectivity index (χ0n) is 14.5. The topological polar surface area (TPSA) is 81.2 Å². The van der Waals surface area contributed by atoms with E-state index < -0.39 is 0 Å². The van der Waals surface area contributed by atoms with Crippen LogP contribution in [-0.4, -0.2) is 22.1 Å². The summed E-state index contributed by atoms with van der Waals surface area (Å²) in [6.45, 7) is 0. The molecule has 1 aromatic carbocycles. The average Bonchev–Trinajstić information content (AvgIpc) is 3.47. The van der Waals surface area contributed by atoms with Crippen LogP contribution in [0.5, 0.6) is 0 Å². The number of hydrogen-bond acceptors (Lipinski definition) is 6. The van der Waals surface area contributed by atoms with Crippen LogP contribution < -0.4 is 5.32 Å². The molecule has 0 aliphatic heterocycles. The molecule has 0 spiro atoms. The summed E-state index contributed by atoms with van der Waals surface area (Å²) in [4.78, 5) is 18.1. The molecule has 27 heavy (non-hydrogen) atoms. The maximum Gasteiger partial charge on any atom is 0.251 e. The number of oxazole rings is 1. The second kappa shape index (κ2) is 6.66. The summed E-state index contributed by atoms with van der Waals surface area (Å²) in [7, 11) is 0. The van der Waals surface area contributed by atoms with Gasteiger partial charge in [-0.05, 0) is 42.5 Å². The van der Waals surface area contributed by atoms with E-state index in [1.807, 2.05) is 23.6 Å². The van der Waals surface area contributed by atoms with Crippen LogP contribution in [-0.2, 0) is 0 Å². The predicted octanol–water partition coefficient (Wildman–Crippen LogP) is 4.88. The van der Waals surface area contributed by atoms with Crippen LogP contribution in [0.1, 0.15) is 36.0 Å². The second-order valence-corrected chi connectivity index (χ2v) is 7.66. The van der Waals surface area contributed by atoms with Gasteiger partial charge in [0.25, 0.3) is 5.91 Å². The van der Waals surface area contributed by atoms with E-state index in [1.54, 1.807) is 29.7 Å². The van der Waals surface area contributed by atoms with E-state index in [4.69, 9.17) is 8.94 Å². The first-order valence-electron chi connectivity index (χ1n) is 8.98. The van der Waals surface area contributed by atoms with Crippen LogP contribution in [0.4, 0.5) is 0 Å². The van der Waals surface area contributed by atoms with Crippen LogP contribution >= 0.6 is 11.3 Å². The molecule has 0 radical (unpaired) electrons. The summed E-state index contributed by atoms with van der Waals surface area (Å²) in [6.07, 6.45) is 6.03. The van der Waals surface area contributed by atoms with Gasteiger partial charge in [0.1, 0.15) is 17.7 Å². The van der Waals surface area contributed by atoms with Crippen molar-refractivity contribution in [2.24, 2.45) is 0 Å². The van der Waals surface area contributed by atoms with Gasteiger partial charge in [-0.3, -0.25) is 4.79 Å². The van der Waals surface area contributed by atoms with E-state index in [0.717, 1.165) is 23.1 Å². The number of rotatable bonds is 4. The highest BCUT2D eigenvalue weighted by atomic mass is 32.1. The van der Waals surface area contributed by atoms with Crippen molar-refractivity contribution in [1.29, 1.82) is 0 Å². The SMILES string of the molecule is O=C(NC1CCCC1)c1ccc2onc(-c3coc(-c4cccs4)n3)c2c1. The zero-order chi connectivity index (χ0) is 18.2. The summed E-state index contributed by atoms with van der Waals surface area (Å²) >= 11 is 1.56. The monoisotopic (exact) mass is 379 g/mol. The van der Waals surface area contributed by atoms with Gasteiger partial charge in [-0.25, -0.2) is 4.98 Å². The number of thiophene rings is 1. The van der Waals surface area contributed by atoms with Gasteiger partial charge in [-0.15, -0.1) is 11.3 Å². The minimum Gasteiger partial charge on any atom is -0.443 e. The molecule has 0 unspecified atom stereocenters. The quantitative estimate of drug-likeness (QED) is 0.546. The number of aromatic nitrogens is 2. The molecule has 7 heteroatoms. The van der Waals surface area contributed by atoms with Crippen molar-refractivity contribution in [2.75, 3.05) is 0 Å². The molecule has 0 saturated heterocycles. The van der Waals surface area contributed by atoms with Crippen LogP contribution in [0.15, 0.2) is 50.9 Å². The van der Waals surface area contributed by atoms with Gasteiger partial charge in [-0.1, -0.05) is 24.1 Å². The van der Waals surface area contributed by atoms with Crippen molar-refractivity contribution in [3.8, 4) is 22.2 Å². The molecule has 1 fully saturated rings. The minimum atomic E-state index is -0.0598. The Hall–Kier alpha value is -2.93. The van der Waals surface area contributed by atoms with Gasteiger partial charge in [0.2, 0.25) is 5.89 Å². The molecular weight excluding hydrogens is 362 g/mol. The number of hydrogen-bond donors (Lipinski definition) is 1. The fourth-order valence-corrected chi connectivity index (χ4v) is 4.15. The molecule has 1 aliphatic carbocycles. The number of nitrogens with zero attached hydrogens (tertiary/aromatic N) is 2. The summed E-state index contributed by atoms with van der Waals surface area (Å²) in [5, 5.41) is 9.97. The molecule has 5 rings (SSSR count). The van der Waals surface area contributed by atoms with E-state index in [9.17, 15) is 4.79 Å². The largest absolute Gasteiger partial charge is 0.443 e. The highest BCUT2D eigenvalue weighted by molar-refractivity contribution is 7.13. The number of carbonyl (C=O) groups excluding carboxylic acids is 1. The van der Waals surface area contributed by atoms with E-state index in [2.05, 4.69) is 15.5 Å². The van der Waals surface area contributed by atoms with Crippen LogP contribution in [0.25, 0.3) is 33.1 Å². The van der Waals surface area contributed by atoms with Crippen LogP contribution in [0, 0.1) is 0 Å². The maximum absolute atomic E-state index is 12.6. The number of benzene rings is 1. The lowest BCUT2D eigenvalue weighted by molar-refractivity contribution is 0.0938. The molecule has 1 aliphatic rings. The first-order chi connectivity index (χ1) is 13.3. The summed E-state index contributed by atoms with van der Waals surface area (Å²) in [5.74, 6) is 0.488. The van der Waals surface area contributed by atoms with Crippen molar-refractivity contribution < 1.29 is 13.7 Å². The molecule has 136 valence electrons. The van der Waals surface area contributed by atoms with E-state index in [1.165, 1.54) is 12.8 Å². The summed E-state index contributed by atoms with van der Waals surface area (Å²) < 4.78 is 11.0. The van der Waals surface area contributed by atoms with Crippen molar-refractivity contribution in [1.82, 2.24) is 15.5 Å². The lowest BCUT2D eigenvalue weighted by atomic mass is 10.1. The molecule has 1 N–H and O–H groups in total. The van der Waals surface area contributed by atoms with Gasteiger partial charge in [-0.2, -0.15) is 0 Å². The molecule has 4 aromatic rings. The summed E-state index contributed by atoms with van der Waals surface area (Å²) in [6, 6.07) is 9.53. The molecule has 3 heterocycles. The Morgan fingerprint density at radius 2 is 2.11 bits per heavy atom. The van der Waals surface area contributed by atoms with E-state index in [-0.39, 0.29) is 11.9 Å².